The van der Waals surface area contributed by atoms with Gasteiger partial charge in [-0.25, -0.2) is 0 Å². The van der Waals surface area contributed by atoms with Crippen LogP contribution in [0.1, 0.15) is 15.2 Å². The van der Waals surface area contributed by atoms with E-state index in [1.165, 1.54) is 11.3 Å². The van der Waals surface area contributed by atoms with E-state index in [9.17, 15) is 9.59 Å². The summed E-state index contributed by atoms with van der Waals surface area (Å²) >= 11 is 13.9. The number of hydrogen-bond acceptors (Lipinski definition) is 4. The fourth-order valence-corrected chi connectivity index (χ4v) is 5.24. The van der Waals surface area contributed by atoms with Crippen LogP contribution in [0.15, 0.2) is 48.5 Å². The highest BCUT2D eigenvalue weighted by Crippen LogP contribution is 2.37. The third-order valence-electron chi connectivity index (χ3n) is 5.14. The van der Waals surface area contributed by atoms with E-state index in [1.807, 2.05) is 42.5 Å². The molecule has 1 aliphatic rings. The van der Waals surface area contributed by atoms with Gasteiger partial charge in [0.15, 0.2) is 0 Å². The lowest BCUT2D eigenvalue weighted by molar-refractivity contribution is -0.122. The first kappa shape index (κ1) is 21.1. The van der Waals surface area contributed by atoms with Crippen molar-refractivity contribution in [1.82, 2.24) is 15.1 Å². The van der Waals surface area contributed by atoms with Gasteiger partial charge in [0, 0.05) is 47.8 Å². The summed E-state index contributed by atoms with van der Waals surface area (Å²) < 4.78 is 0.907. The van der Waals surface area contributed by atoms with Gasteiger partial charge in [-0.2, -0.15) is 0 Å². The van der Waals surface area contributed by atoms with Crippen molar-refractivity contribution in [3.8, 4) is 0 Å². The zero-order valence-corrected chi connectivity index (χ0v) is 18.6. The first-order chi connectivity index (χ1) is 14.5. The zero-order valence-electron chi connectivity index (χ0n) is 16.2. The number of nitrogens with one attached hydrogen (secondary N) is 1. The van der Waals surface area contributed by atoms with Crippen LogP contribution in [0.3, 0.4) is 0 Å². The number of carbonyl (C=O) groups is 2. The van der Waals surface area contributed by atoms with Gasteiger partial charge in [-0.15, -0.1) is 11.3 Å². The third-order valence-corrected chi connectivity index (χ3v) is 7.03. The Labute approximate surface area is 189 Å². The Morgan fingerprint density at radius 1 is 1.00 bits per heavy atom. The number of nitrogens with zero attached hydrogens (tertiary/aromatic N) is 2. The number of amides is 2. The van der Waals surface area contributed by atoms with Crippen LogP contribution in [0.25, 0.3) is 10.1 Å². The molecule has 0 bridgehead atoms. The maximum atomic E-state index is 13.0. The van der Waals surface area contributed by atoms with Crippen molar-refractivity contribution in [3.05, 3.63) is 69.0 Å². The maximum absolute atomic E-state index is 13.0. The van der Waals surface area contributed by atoms with E-state index in [0.29, 0.717) is 54.2 Å². The fourth-order valence-electron chi connectivity index (χ4n) is 3.48. The topological polar surface area (TPSA) is 52.7 Å². The molecule has 2 heterocycles. The van der Waals surface area contributed by atoms with Gasteiger partial charge in [-0.1, -0.05) is 59.6 Å². The number of hydrogen-bond donors (Lipinski definition) is 1. The first-order valence-corrected chi connectivity index (χ1v) is 11.3. The summed E-state index contributed by atoms with van der Waals surface area (Å²) in [5.41, 5.74) is 1.07. The summed E-state index contributed by atoms with van der Waals surface area (Å²) in [4.78, 5) is 29.6. The normalized spacial score (nSPS) is 14.8. The maximum Gasteiger partial charge on any atom is 0.265 e. The van der Waals surface area contributed by atoms with Crippen molar-refractivity contribution >= 4 is 56.4 Å². The van der Waals surface area contributed by atoms with E-state index in [1.54, 1.807) is 11.0 Å². The molecule has 3 aromatic rings. The minimum atomic E-state index is -0.0644. The van der Waals surface area contributed by atoms with Crippen LogP contribution in [0, 0.1) is 0 Å². The van der Waals surface area contributed by atoms with Crippen molar-refractivity contribution in [3.63, 3.8) is 0 Å². The Morgan fingerprint density at radius 2 is 1.73 bits per heavy atom. The van der Waals surface area contributed by atoms with Crippen molar-refractivity contribution in [2.24, 2.45) is 0 Å². The van der Waals surface area contributed by atoms with Crippen LogP contribution in [-0.2, 0) is 11.3 Å². The Bertz CT molecular complexity index is 1060. The lowest BCUT2D eigenvalue weighted by Crippen LogP contribution is -2.51. The molecule has 0 saturated carbocycles. The van der Waals surface area contributed by atoms with Gasteiger partial charge in [-0.3, -0.25) is 14.5 Å². The zero-order chi connectivity index (χ0) is 21.1. The van der Waals surface area contributed by atoms with E-state index in [4.69, 9.17) is 23.2 Å². The number of benzene rings is 2. The van der Waals surface area contributed by atoms with E-state index < -0.39 is 0 Å². The largest absolute Gasteiger partial charge is 0.351 e. The summed E-state index contributed by atoms with van der Waals surface area (Å²) in [5.74, 6) is -0.0754. The molecule has 0 spiro atoms. The van der Waals surface area contributed by atoms with E-state index >= 15 is 0 Å². The summed E-state index contributed by atoms with van der Waals surface area (Å²) in [6, 6.07) is 15.3. The summed E-state index contributed by atoms with van der Waals surface area (Å²) in [6.07, 6.45) is 0. The van der Waals surface area contributed by atoms with Crippen molar-refractivity contribution in [2.45, 2.75) is 6.54 Å². The molecule has 1 fully saturated rings. The summed E-state index contributed by atoms with van der Waals surface area (Å²) in [5, 5.41) is 4.90. The average molecular weight is 462 g/mol. The van der Waals surface area contributed by atoms with Gasteiger partial charge in [0.05, 0.1) is 11.6 Å². The molecule has 0 atom stereocenters. The highest BCUT2D eigenvalue weighted by Gasteiger charge is 2.26. The molecule has 156 valence electrons. The van der Waals surface area contributed by atoms with Crippen molar-refractivity contribution in [2.75, 3.05) is 32.7 Å². The molecule has 1 N–H and O–H groups in total. The minimum absolute atomic E-state index is 0.0111. The molecular formula is C22H21Cl2N3O2S. The SMILES string of the molecule is O=C(CN1CCN(C(=O)c2sc3cc(Cl)ccc3c2Cl)CC1)NCc1ccccc1. The molecule has 4 rings (SSSR count). The molecule has 1 saturated heterocycles. The quantitative estimate of drug-likeness (QED) is 0.616. The molecule has 1 aromatic heterocycles. The van der Waals surface area contributed by atoms with E-state index in [-0.39, 0.29) is 11.8 Å². The van der Waals surface area contributed by atoms with E-state index in [2.05, 4.69) is 10.2 Å². The van der Waals surface area contributed by atoms with Crippen LogP contribution in [0.4, 0.5) is 0 Å². The predicted octanol–water partition coefficient (Wildman–Crippen LogP) is 4.28. The number of piperazine rings is 1. The number of rotatable bonds is 5. The number of halogens is 2. The molecule has 0 unspecified atom stereocenters. The molecular weight excluding hydrogens is 441 g/mol. The molecule has 5 nitrogen and oxygen atoms in total. The Hall–Kier alpha value is -2.12. The Kier molecular flexibility index (Phi) is 6.58. The lowest BCUT2D eigenvalue weighted by atomic mass is 10.2. The smallest absolute Gasteiger partial charge is 0.265 e. The van der Waals surface area contributed by atoms with Crippen LogP contribution in [0.5, 0.6) is 0 Å². The first-order valence-electron chi connectivity index (χ1n) is 9.71. The van der Waals surface area contributed by atoms with Gasteiger partial charge >= 0.3 is 0 Å². The molecule has 2 amide bonds. The third kappa shape index (κ3) is 4.78. The van der Waals surface area contributed by atoms with Gasteiger partial charge in [-0.05, 0) is 17.7 Å². The molecule has 0 radical (unpaired) electrons. The van der Waals surface area contributed by atoms with Crippen LogP contribution in [-0.4, -0.2) is 54.3 Å². The van der Waals surface area contributed by atoms with Crippen LogP contribution >= 0.6 is 34.5 Å². The second-order valence-electron chi connectivity index (χ2n) is 7.22. The minimum Gasteiger partial charge on any atom is -0.351 e. The predicted molar refractivity (Wildman–Crippen MR) is 122 cm³/mol. The second-order valence-corrected chi connectivity index (χ2v) is 9.08. The molecule has 2 aromatic carbocycles. The molecule has 1 aliphatic heterocycles. The summed E-state index contributed by atoms with van der Waals surface area (Å²) in [6.45, 7) is 3.29. The highest BCUT2D eigenvalue weighted by molar-refractivity contribution is 7.21. The summed E-state index contributed by atoms with van der Waals surface area (Å²) in [7, 11) is 0. The average Bonchev–Trinajstić information content (AvgIpc) is 3.08. The highest BCUT2D eigenvalue weighted by atomic mass is 35.5. The molecule has 30 heavy (non-hydrogen) atoms. The monoisotopic (exact) mass is 461 g/mol. The lowest BCUT2D eigenvalue weighted by Gasteiger charge is -2.34. The number of carbonyl (C=O) groups excluding carboxylic acids is 2. The second kappa shape index (κ2) is 9.35. The van der Waals surface area contributed by atoms with Gasteiger partial charge in [0.25, 0.3) is 5.91 Å². The Balaban J connectivity index is 1.30. The number of thiophene rings is 1. The van der Waals surface area contributed by atoms with Gasteiger partial charge in [0.1, 0.15) is 4.88 Å². The van der Waals surface area contributed by atoms with Gasteiger partial charge < -0.3 is 10.2 Å². The Morgan fingerprint density at radius 3 is 2.47 bits per heavy atom. The fraction of sp³-hybridized carbons (Fsp3) is 0.273. The molecule has 0 aliphatic carbocycles. The number of fused-ring (bicyclic) bond motifs is 1. The van der Waals surface area contributed by atoms with Crippen LogP contribution < -0.4 is 5.32 Å². The van der Waals surface area contributed by atoms with Gasteiger partial charge in [0.2, 0.25) is 5.91 Å². The standard InChI is InChI=1S/C22H21Cl2N3O2S/c23-16-6-7-17-18(12-16)30-21(20(17)24)22(29)27-10-8-26(9-11-27)14-19(28)25-13-15-4-2-1-3-5-15/h1-7,12H,8-11,13-14H2,(H,25,28). The van der Waals surface area contributed by atoms with Crippen LogP contribution in [0.2, 0.25) is 10.0 Å². The molecule has 8 heteroatoms. The van der Waals surface area contributed by atoms with Crippen molar-refractivity contribution in [1.29, 1.82) is 0 Å². The van der Waals surface area contributed by atoms with Crippen molar-refractivity contribution < 1.29 is 9.59 Å². The van der Waals surface area contributed by atoms with E-state index in [0.717, 1.165) is 15.6 Å².